The molecule has 2 spiro atoms. The molecular weight excluding hydrogens is 564 g/mol. The number of hydrogen-bond donors (Lipinski definition) is 6. The van der Waals surface area contributed by atoms with E-state index in [1.54, 1.807) is 13.8 Å². The summed E-state index contributed by atoms with van der Waals surface area (Å²) in [5.74, 6) is 0.554. The molecule has 0 bridgehead atoms. The van der Waals surface area contributed by atoms with E-state index in [0.29, 0.717) is 18.3 Å². The summed E-state index contributed by atoms with van der Waals surface area (Å²) >= 11 is 0. The van der Waals surface area contributed by atoms with Crippen LogP contribution >= 0.6 is 0 Å². The summed E-state index contributed by atoms with van der Waals surface area (Å²) in [6.45, 7) is 14.7. The average Bonchev–Trinajstić information content (AvgIpc) is 3.28. The zero-order valence-corrected chi connectivity index (χ0v) is 27.8. The molecule has 0 aromatic rings. The summed E-state index contributed by atoms with van der Waals surface area (Å²) in [5, 5.41) is 65.7. The van der Waals surface area contributed by atoms with Crippen molar-refractivity contribution in [2.75, 3.05) is 6.61 Å². The molecule has 6 N–H and O–H groups in total. The minimum atomic E-state index is -1.30. The molecule has 0 aromatic carbocycles. The first kappa shape index (κ1) is 32.2. The lowest BCUT2D eigenvalue weighted by atomic mass is 9.41. The SMILES string of the molecule is CC(C)(O)[C@H]1CC[C@](C)([C@H]2[C@@H](O)C[C@@]3(C)[C@@H]4CC[C@H]5C(C)(C)[C@@H](O[C@@H]6OC[C@@H](O)[C@H](O)[C@H]6O)CC[C@@]56C[C@@]46C[C@@H](O)[C@]23C)O1. The second-order valence-electron chi connectivity index (χ2n) is 18.2. The maximum Gasteiger partial charge on any atom is 0.186 e. The molecule has 0 aromatic heterocycles. The van der Waals surface area contributed by atoms with Crippen LogP contribution in [-0.2, 0) is 14.2 Å². The Morgan fingerprint density at radius 3 is 2.11 bits per heavy atom. The van der Waals surface area contributed by atoms with Crippen LogP contribution in [0.4, 0.5) is 0 Å². The van der Waals surface area contributed by atoms with Gasteiger partial charge >= 0.3 is 0 Å². The molecule has 7 fully saturated rings. The van der Waals surface area contributed by atoms with Gasteiger partial charge in [-0.05, 0) is 112 Å². The Morgan fingerprint density at radius 1 is 0.773 bits per heavy atom. The second-order valence-corrected chi connectivity index (χ2v) is 18.2. The van der Waals surface area contributed by atoms with Crippen molar-refractivity contribution in [3.63, 3.8) is 0 Å². The van der Waals surface area contributed by atoms with Crippen LogP contribution in [0.15, 0.2) is 0 Å². The van der Waals surface area contributed by atoms with Crippen LogP contribution in [0.2, 0.25) is 0 Å². The standard InChI is InChI=1S/C35H58O9/c1-29(2)20-8-9-21-31(5)14-18(36)27(32(6)12-10-24(44-32)30(3,4)41)33(31,7)22(38)15-35(21)17-34(20,35)13-11-23(29)43-28-26(40)25(39)19(37)16-42-28/h18-28,36-41H,8-17H2,1-7H3/t18-,19+,20-,21-,22+,23-,24+,25-,26+,27+,28-,31-,32+,33+,34+,35-/m0/s1. The largest absolute Gasteiger partial charge is 0.393 e. The fourth-order valence-electron chi connectivity index (χ4n) is 13.4. The molecule has 5 aliphatic carbocycles. The van der Waals surface area contributed by atoms with E-state index < -0.39 is 53.4 Å². The van der Waals surface area contributed by atoms with Crippen LogP contribution in [-0.4, -0.2) is 97.5 Å². The smallest absolute Gasteiger partial charge is 0.186 e. The van der Waals surface area contributed by atoms with Crippen molar-refractivity contribution in [3.8, 4) is 0 Å². The van der Waals surface area contributed by atoms with Gasteiger partial charge in [0.25, 0.3) is 0 Å². The monoisotopic (exact) mass is 622 g/mol. The van der Waals surface area contributed by atoms with Gasteiger partial charge in [-0.1, -0.05) is 27.7 Å². The zero-order chi connectivity index (χ0) is 32.0. The maximum atomic E-state index is 12.4. The highest BCUT2D eigenvalue weighted by atomic mass is 16.7. The van der Waals surface area contributed by atoms with E-state index in [0.717, 1.165) is 51.4 Å². The van der Waals surface area contributed by atoms with E-state index in [1.165, 1.54) is 0 Å². The molecule has 0 radical (unpaired) electrons. The van der Waals surface area contributed by atoms with E-state index in [1.807, 2.05) is 0 Å². The van der Waals surface area contributed by atoms with Gasteiger partial charge in [-0.15, -0.1) is 0 Å². The third-order valence-corrected chi connectivity index (χ3v) is 15.6. The molecule has 0 unspecified atom stereocenters. The Hall–Kier alpha value is -0.360. The first-order chi connectivity index (χ1) is 20.3. The Bertz CT molecular complexity index is 1160. The van der Waals surface area contributed by atoms with E-state index in [9.17, 15) is 30.6 Å². The maximum absolute atomic E-state index is 12.4. The Kier molecular flexibility index (Phi) is 7.04. The van der Waals surface area contributed by atoms with Crippen LogP contribution in [0.5, 0.6) is 0 Å². The highest BCUT2D eigenvalue weighted by molar-refractivity contribution is 5.33. The normalized spacial score (nSPS) is 59.8. The molecule has 0 amide bonds. The predicted molar refractivity (Wildman–Crippen MR) is 161 cm³/mol. The quantitative estimate of drug-likeness (QED) is 0.260. The summed E-state index contributed by atoms with van der Waals surface area (Å²) in [5.41, 5.74) is -2.43. The third kappa shape index (κ3) is 3.91. The predicted octanol–water partition coefficient (Wildman–Crippen LogP) is 2.90. The first-order valence-corrected chi connectivity index (χ1v) is 17.4. The minimum absolute atomic E-state index is 0.0225. The van der Waals surface area contributed by atoms with Gasteiger partial charge in [-0.3, -0.25) is 0 Å². The van der Waals surface area contributed by atoms with Gasteiger partial charge in [0.05, 0.1) is 42.2 Å². The number of ether oxygens (including phenoxy) is 3. The Balaban J connectivity index is 1.15. The van der Waals surface area contributed by atoms with Crippen molar-refractivity contribution in [2.45, 2.75) is 166 Å². The zero-order valence-electron chi connectivity index (χ0n) is 27.8. The molecule has 16 atom stereocenters. The van der Waals surface area contributed by atoms with E-state index in [-0.39, 0.29) is 46.4 Å². The Labute approximate surface area is 262 Å². The van der Waals surface area contributed by atoms with Crippen molar-refractivity contribution in [2.24, 2.45) is 44.8 Å². The van der Waals surface area contributed by atoms with Crippen molar-refractivity contribution in [1.82, 2.24) is 0 Å². The number of hydrogen-bond acceptors (Lipinski definition) is 9. The van der Waals surface area contributed by atoms with E-state index >= 15 is 0 Å². The van der Waals surface area contributed by atoms with Crippen LogP contribution in [0, 0.1) is 44.8 Å². The van der Waals surface area contributed by atoms with Crippen LogP contribution in [0.1, 0.15) is 106 Å². The molecule has 5 saturated carbocycles. The molecule has 44 heavy (non-hydrogen) atoms. The summed E-state index contributed by atoms with van der Waals surface area (Å²) in [6, 6.07) is 0. The fourth-order valence-corrected chi connectivity index (χ4v) is 13.4. The molecule has 9 nitrogen and oxygen atoms in total. The van der Waals surface area contributed by atoms with Crippen molar-refractivity contribution in [1.29, 1.82) is 0 Å². The number of aliphatic hydroxyl groups is 6. The van der Waals surface area contributed by atoms with Gasteiger partial charge in [0.2, 0.25) is 0 Å². The van der Waals surface area contributed by atoms with Gasteiger partial charge in [-0.2, -0.15) is 0 Å². The number of rotatable bonds is 4. The lowest BCUT2D eigenvalue weighted by molar-refractivity contribution is -0.303. The van der Waals surface area contributed by atoms with Gasteiger partial charge in [0.15, 0.2) is 6.29 Å². The average molecular weight is 623 g/mol. The number of fused-ring (bicyclic) bond motifs is 2. The van der Waals surface area contributed by atoms with Crippen LogP contribution < -0.4 is 0 Å². The molecule has 7 rings (SSSR count). The summed E-state index contributed by atoms with van der Waals surface area (Å²) in [6.07, 6.45) is 1.57. The highest BCUT2D eigenvalue weighted by Gasteiger charge is 2.85. The lowest BCUT2D eigenvalue weighted by Crippen LogP contribution is -2.64. The summed E-state index contributed by atoms with van der Waals surface area (Å²) < 4.78 is 18.7. The van der Waals surface area contributed by atoms with Gasteiger partial charge < -0.3 is 44.8 Å². The molecule has 7 aliphatic rings. The Morgan fingerprint density at radius 2 is 1.45 bits per heavy atom. The number of aliphatic hydroxyl groups excluding tert-OH is 5. The van der Waals surface area contributed by atoms with Crippen LogP contribution in [0.3, 0.4) is 0 Å². The van der Waals surface area contributed by atoms with Gasteiger partial charge in [0.1, 0.15) is 18.3 Å². The van der Waals surface area contributed by atoms with Crippen molar-refractivity contribution < 1.29 is 44.8 Å². The highest BCUT2D eigenvalue weighted by Crippen LogP contribution is 2.89. The van der Waals surface area contributed by atoms with Crippen LogP contribution in [0.25, 0.3) is 0 Å². The second kappa shape index (κ2) is 9.63. The summed E-state index contributed by atoms with van der Waals surface area (Å²) in [7, 11) is 0. The minimum Gasteiger partial charge on any atom is -0.393 e. The van der Waals surface area contributed by atoms with E-state index in [2.05, 4.69) is 34.6 Å². The van der Waals surface area contributed by atoms with Gasteiger partial charge in [-0.25, -0.2) is 0 Å². The lowest BCUT2D eigenvalue weighted by Gasteiger charge is -2.65. The van der Waals surface area contributed by atoms with Gasteiger partial charge in [0, 0.05) is 11.3 Å². The molecule has 2 aliphatic heterocycles. The molecule has 2 heterocycles. The fraction of sp³-hybridized carbons (Fsp3) is 1.00. The topological polar surface area (TPSA) is 149 Å². The molecule has 9 heteroatoms. The first-order valence-electron chi connectivity index (χ1n) is 17.4. The molecule has 252 valence electrons. The molecular formula is C35H58O9. The van der Waals surface area contributed by atoms with Crippen molar-refractivity contribution in [3.05, 3.63) is 0 Å². The van der Waals surface area contributed by atoms with Crippen molar-refractivity contribution >= 4 is 0 Å². The third-order valence-electron chi connectivity index (χ3n) is 15.6. The van der Waals surface area contributed by atoms with E-state index in [4.69, 9.17) is 14.2 Å². The summed E-state index contributed by atoms with van der Waals surface area (Å²) in [4.78, 5) is 0. The molecule has 2 saturated heterocycles.